The normalized spacial score (nSPS) is 10.9. The molecule has 6 heteroatoms. The van der Waals surface area contributed by atoms with Crippen molar-refractivity contribution < 1.29 is 4.74 Å². The second-order valence-electron chi connectivity index (χ2n) is 4.17. The quantitative estimate of drug-likeness (QED) is 0.602. The molecule has 0 aliphatic rings. The van der Waals surface area contributed by atoms with Gasteiger partial charge >= 0.3 is 0 Å². The molecule has 2 aromatic rings. The molecule has 0 atom stereocenters. The first-order valence-corrected chi connectivity index (χ1v) is 5.71. The van der Waals surface area contributed by atoms with E-state index in [1.807, 2.05) is 43.3 Å². The fraction of sp³-hybridized carbons (Fsp3) is 0.333. The Morgan fingerprint density at radius 2 is 2.06 bits per heavy atom. The highest BCUT2D eigenvalue weighted by atomic mass is 16.5. The van der Waals surface area contributed by atoms with E-state index < -0.39 is 0 Å². The first kappa shape index (κ1) is 12.5. The molecule has 1 aromatic carbocycles. The maximum atomic E-state index is 5.68. The number of hydrogen-bond donors (Lipinski definition) is 2. The Kier molecular flexibility index (Phi) is 3.91. The van der Waals surface area contributed by atoms with Crippen LogP contribution in [-0.4, -0.2) is 42.1 Å². The number of hydrazine groups is 1. The first-order chi connectivity index (χ1) is 8.70. The average Bonchev–Trinajstić information content (AvgIpc) is 2.38. The number of anilines is 1. The fourth-order valence-electron chi connectivity index (χ4n) is 1.55. The Morgan fingerprint density at radius 3 is 2.78 bits per heavy atom. The second kappa shape index (κ2) is 5.61. The lowest BCUT2D eigenvalue weighted by molar-refractivity contribution is 0.256. The Balaban J connectivity index is 2.29. The SMILES string of the molecule is CN(C)CCOc1nc(NN)nc2ccccc12. The number of ether oxygens (including phenoxy) is 1. The number of rotatable bonds is 5. The standard InChI is InChI=1S/C12H17N5O/c1-17(2)7-8-18-11-9-5-3-4-6-10(9)14-12(15-11)16-13/h3-6H,7-8,13H2,1-2H3,(H,14,15,16). The van der Waals surface area contributed by atoms with Crippen molar-refractivity contribution in [3.63, 3.8) is 0 Å². The number of nitrogens with two attached hydrogens (primary N) is 1. The highest BCUT2D eigenvalue weighted by Crippen LogP contribution is 2.23. The maximum Gasteiger partial charge on any atom is 0.241 e. The van der Waals surface area contributed by atoms with E-state index in [1.165, 1.54) is 0 Å². The number of hydrogen-bond acceptors (Lipinski definition) is 6. The van der Waals surface area contributed by atoms with E-state index >= 15 is 0 Å². The summed E-state index contributed by atoms with van der Waals surface area (Å²) in [6.45, 7) is 1.39. The zero-order chi connectivity index (χ0) is 13.0. The van der Waals surface area contributed by atoms with Gasteiger partial charge in [-0.3, -0.25) is 5.43 Å². The lowest BCUT2D eigenvalue weighted by Crippen LogP contribution is -2.20. The highest BCUT2D eigenvalue weighted by molar-refractivity contribution is 5.84. The first-order valence-electron chi connectivity index (χ1n) is 5.71. The summed E-state index contributed by atoms with van der Waals surface area (Å²) in [7, 11) is 3.99. The summed E-state index contributed by atoms with van der Waals surface area (Å²) in [5.41, 5.74) is 3.25. The molecule has 0 amide bonds. The van der Waals surface area contributed by atoms with Crippen LogP contribution >= 0.6 is 0 Å². The summed E-state index contributed by atoms with van der Waals surface area (Å²) in [6, 6.07) is 7.68. The molecule has 6 nitrogen and oxygen atoms in total. The minimum absolute atomic E-state index is 0.355. The Hall–Kier alpha value is -1.92. The topological polar surface area (TPSA) is 76.3 Å². The Morgan fingerprint density at radius 1 is 1.28 bits per heavy atom. The van der Waals surface area contributed by atoms with Crippen LogP contribution in [0.5, 0.6) is 5.88 Å². The fourth-order valence-corrected chi connectivity index (χ4v) is 1.55. The van der Waals surface area contributed by atoms with Crippen molar-refractivity contribution in [3.8, 4) is 5.88 Å². The molecule has 1 heterocycles. The van der Waals surface area contributed by atoms with Gasteiger partial charge in [0, 0.05) is 6.54 Å². The number of likely N-dealkylation sites (N-methyl/N-ethyl adjacent to an activating group) is 1. The van der Waals surface area contributed by atoms with Crippen molar-refractivity contribution in [2.45, 2.75) is 0 Å². The van der Waals surface area contributed by atoms with Crippen molar-refractivity contribution in [2.75, 3.05) is 32.7 Å². The van der Waals surface area contributed by atoms with Crippen LogP contribution in [0.3, 0.4) is 0 Å². The number of nitrogens with one attached hydrogen (secondary N) is 1. The Bertz CT molecular complexity index is 529. The summed E-state index contributed by atoms with van der Waals surface area (Å²) in [4.78, 5) is 10.5. The summed E-state index contributed by atoms with van der Waals surface area (Å²) in [5, 5.41) is 0.884. The predicted octanol–water partition coefficient (Wildman–Crippen LogP) is 0.856. The van der Waals surface area contributed by atoms with Crippen LogP contribution in [0.15, 0.2) is 24.3 Å². The van der Waals surface area contributed by atoms with E-state index in [-0.39, 0.29) is 0 Å². The molecule has 18 heavy (non-hydrogen) atoms. The highest BCUT2D eigenvalue weighted by Gasteiger charge is 2.07. The summed E-state index contributed by atoms with van der Waals surface area (Å²) < 4.78 is 5.68. The third kappa shape index (κ3) is 2.85. The van der Waals surface area contributed by atoms with Crippen molar-refractivity contribution in [1.82, 2.24) is 14.9 Å². The molecule has 0 aliphatic heterocycles. The molecule has 0 radical (unpaired) electrons. The van der Waals surface area contributed by atoms with Gasteiger partial charge in [0.05, 0.1) is 10.9 Å². The number of benzene rings is 1. The molecule has 0 unspecified atom stereocenters. The van der Waals surface area contributed by atoms with Gasteiger partial charge in [-0.05, 0) is 26.2 Å². The number of nitrogens with zero attached hydrogens (tertiary/aromatic N) is 3. The molecule has 0 bridgehead atoms. The molecular weight excluding hydrogens is 230 g/mol. The predicted molar refractivity (Wildman–Crippen MR) is 71.4 cm³/mol. The number of para-hydroxylation sites is 1. The summed E-state index contributed by atoms with van der Waals surface area (Å²) >= 11 is 0. The van der Waals surface area contributed by atoms with Gasteiger partial charge in [-0.25, -0.2) is 10.8 Å². The van der Waals surface area contributed by atoms with Crippen LogP contribution in [0.1, 0.15) is 0 Å². The monoisotopic (exact) mass is 247 g/mol. The van der Waals surface area contributed by atoms with Crippen LogP contribution < -0.4 is 16.0 Å². The Labute approximate surface area is 106 Å². The molecule has 1 aromatic heterocycles. The van der Waals surface area contributed by atoms with Gasteiger partial charge in [-0.15, -0.1) is 0 Å². The number of aromatic nitrogens is 2. The lowest BCUT2D eigenvalue weighted by Gasteiger charge is -2.12. The van der Waals surface area contributed by atoms with Gasteiger partial charge in [-0.2, -0.15) is 4.98 Å². The third-order valence-electron chi connectivity index (χ3n) is 2.47. The van der Waals surface area contributed by atoms with Crippen LogP contribution in [0.2, 0.25) is 0 Å². The van der Waals surface area contributed by atoms with E-state index in [9.17, 15) is 0 Å². The van der Waals surface area contributed by atoms with Gasteiger partial charge < -0.3 is 9.64 Å². The van der Waals surface area contributed by atoms with Gasteiger partial charge in [-0.1, -0.05) is 12.1 Å². The molecule has 96 valence electrons. The van der Waals surface area contributed by atoms with Crippen LogP contribution in [-0.2, 0) is 0 Å². The zero-order valence-corrected chi connectivity index (χ0v) is 10.6. The van der Waals surface area contributed by atoms with Gasteiger partial charge in [0.25, 0.3) is 0 Å². The number of nitrogen functional groups attached to an aromatic ring is 1. The lowest BCUT2D eigenvalue weighted by atomic mass is 10.2. The molecular formula is C12H17N5O. The maximum absolute atomic E-state index is 5.68. The van der Waals surface area contributed by atoms with Crippen LogP contribution in [0.4, 0.5) is 5.95 Å². The number of fused-ring (bicyclic) bond motifs is 1. The molecule has 0 aliphatic carbocycles. The second-order valence-corrected chi connectivity index (χ2v) is 4.17. The average molecular weight is 247 g/mol. The van der Waals surface area contributed by atoms with Gasteiger partial charge in [0.15, 0.2) is 0 Å². The molecule has 2 rings (SSSR count). The van der Waals surface area contributed by atoms with Crippen molar-refractivity contribution >= 4 is 16.9 Å². The van der Waals surface area contributed by atoms with Crippen molar-refractivity contribution in [2.24, 2.45) is 5.84 Å². The smallest absolute Gasteiger partial charge is 0.241 e. The van der Waals surface area contributed by atoms with E-state index in [0.29, 0.717) is 18.4 Å². The van der Waals surface area contributed by atoms with E-state index in [2.05, 4.69) is 15.4 Å². The van der Waals surface area contributed by atoms with E-state index in [4.69, 9.17) is 10.6 Å². The van der Waals surface area contributed by atoms with Crippen molar-refractivity contribution in [1.29, 1.82) is 0 Å². The zero-order valence-electron chi connectivity index (χ0n) is 10.6. The van der Waals surface area contributed by atoms with Crippen LogP contribution in [0.25, 0.3) is 10.9 Å². The minimum atomic E-state index is 0.355. The molecule has 0 spiro atoms. The molecule has 3 N–H and O–H groups in total. The van der Waals surface area contributed by atoms with E-state index in [1.54, 1.807) is 0 Å². The third-order valence-corrected chi connectivity index (χ3v) is 2.47. The molecule has 0 fully saturated rings. The van der Waals surface area contributed by atoms with E-state index in [0.717, 1.165) is 17.4 Å². The summed E-state index contributed by atoms with van der Waals surface area (Å²) in [6.07, 6.45) is 0. The largest absolute Gasteiger partial charge is 0.476 e. The van der Waals surface area contributed by atoms with Gasteiger partial charge in [0.1, 0.15) is 6.61 Å². The van der Waals surface area contributed by atoms with Gasteiger partial charge in [0.2, 0.25) is 11.8 Å². The molecule has 0 saturated heterocycles. The van der Waals surface area contributed by atoms with Crippen LogP contribution in [0, 0.1) is 0 Å². The summed E-state index contributed by atoms with van der Waals surface area (Å²) in [5.74, 6) is 6.25. The van der Waals surface area contributed by atoms with Crippen molar-refractivity contribution in [3.05, 3.63) is 24.3 Å². The minimum Gasteiger partial charge on any atom is -0.476 e. The molecule has 0 saturated carbocycles.